The molecule has 2 heterocycles. The fraction of sp³-hybridized carbons (Fsp3) is 0.440. The van der Waals surface area contributed by atoms with Gasteiger partial charge in [-0.05, 0) is 51.3 Å². The van der Waals surface area contributed by atoms with Crippen LogP contribution < -0.4 is 14.4 Å². The lowest BCUT2D eigenvalue weighted by molar-refractivity contribution is 0.101. The number of aromatic nitrogens is 1. The number of nitrogens with zero attached hydrogens (tertiary/aromatic N) is 2. The van der Waals surface area contributed by atoms with Crippen LogP contribution in [0.1, 0.15) is 60.6 Å². The van der Waals surface area contributed by atoms with Crippen LogP contribution in [0.3, 0.4) is 0 Å². The lowest BCUT2D eigenvalue weighted by atomic mass is 9.91. The molecule has 7 heteroatoms. The summed E-state index contributed by atoms with van der Waals surface area (Å²) >= 11 is 0. The Morgan fingerprint density at radius 1 is 1.34 bits per heavy atom. The molecule has 0 saturated carbocycles. The second-order valence-corrected chi connectivity index (χ2v) is 8.33. The van der Waals surface area contributed by atoms with Crippen molar-refractivity contribution in [3.63, 3.8) is 0 Å². The Kier molecular flexibility index (Phi) is 6.35. The molecule has 0 N–H and O–H groups in total. The molecule has 6 nitrogen and oxygen atoms in total. The van der Waals surface area contributed by atoms with Gasteiger partial charge in [0.1, 0.15) is 23.0 Å². The minimum Gasteiger partial charge on any atom is -0.494 e. The first-order valence-corrected chi connectivity index (χ1v) is 11.1. The number of halogens is 1. The molecule has 170 valence electrons. The molecule has 32 heavy (non-hydrogen) atoms. The molecule has 1 aliphatic heterocycles. The lowest BCUT2D eigenvalue weighted by Gasteiger charge is -2.36. The topological polar surface area (TPSA) is 64.8 Å². The van der Waals surface area contributed by atoms with Gasteiger partial charge in [0.25, 0.3) is 0 Å². The van der Waals surface area contributed by atoms with Gasteiger partial charge in [-0.2, -0.15) is 0 Å². The van der Waals surface area contributed by atoms with E-state index in [9.17, 15) is 9.18 Å². The number of hydrogen-bond acceptors (Lipinski definition) is 6. The van der Waals surface area contributed by atoms with Crippen LogP contribution >= 0.6 is 0 Å². The molecule has 0 spiro atoms. The normalized spacial score (nSPS) is 16.4. The van der Waals surface area contributed by atoms with Crippen LogP contribution in [0.4, 0.5) is 10.1 Å². The van der Waals surface area contributed by atoms with Crippen LogP contribution in [-0.4, -0.2) is 37.7 Å². The van der Waals surface area contributed by atoms with Crippen molar-refractivity contribution in [3.8, 4) is 11.5 Å². The van der Waals surface area contributed by atoms with E-state index in [1.165, 1.54) is 12.1 Å². The molecule has 0 bridgehead atoms. The number of hydrogen-bond donors (Lipinski definition) is 0. The highest BCUT2D eigenvalue weighted by Gasteiger charge is 2.31. The highest BCUT2D eigenvalue weighted by molar-refractivity contribution is 5.98. The monoisotopic (exact) mass is 440 g/mol. The Balaban J connectivity index is 1.74. The maximum absolute atomic E-state index is 13.6. The van der Waals surface area contributed by atoms with Crippen molar-refractivity contribution < 1.29 is 23.2 Å². The first kappa shape index (κ1) is 22.1. The Labute approximate surface area is 187 Å². The van der Waals surface area contributed by atoms with Gasteiger partial charge in [-0.3, -0.25) is 4.79 Å². The Morgan fingerprint density at radius 2 is 2.16 bits per heavy atom. The summed E-state index contributed by atoms with van der Waals surface area (Å²) in [7, 11) is 1.63. The average Bonchev–Trinajstić information content (AvgIpc) is 3.20. The number of carbonyl (C=O) groups is 1. The molecule has 1 atom stereocenters. The van der Waals surface area contributed by atoms with Crippen LogP contribution in [0.2, 0.25) is 0 Å². The quantitative estimate of drug-likeness (QED) is 0.442. The molecule has 1 unspecified atom stereocenters. The van der Waals surface area contributed by atoms with Crippen LogP contribution in [-0.2, 0) is 0 Å². The van der Waals surface area contributed by atoms with E-state index in [1.807, 2.05) is 19.9 Å². The number of carbonyl (C=O) groups excluding carboxylic acids is 1. The summed E-state index contributed by atoms with van der Waals surface area (Å²) in [5.74, 6) is 1.08. The molecule has 3 aromatic rings. The summed E-state index contributed by atoms with van der Waals surface area (Å²) < 4.78 is 30.9. The average molecular weight is 441 g/mol. The Morgan fingerprint density at radius 3 is 2.88 bits per heavy atom. The molecule has 2 aromatic carbocycles. The van der Waals surface area contributed by atoms with Crippen molar-refractivity contribution >= 4 is 22.4 Å². The number of piperidine rings is 1. The molecular formula is C25H29FN2O4. The van der Waals surface area contributed by atoms with Gasteiger partial charge in [0.15, 0.2) is 11.4 Å². The first-order chi connectivity index (χ1) is 15.4. The van der Waals surface area contributed by atoms with Crippen LogP contribution in [0.5, 0.6) is 11.5 Å². The molecule has 4 rings (SSSR count). The van der Waals surface area contributed by atoms with Crippen LogP contribution in [0.15, 0.2) is 28.8 Å². The fourth-order valence-electron chi connectivity index (χ4n) is 4.59. The zero-order valence-corrected chi connectivity index (χ0v) is 19.0. The molecule has 0 radical (unpaired) electrons. The smallest absolute Gasteiger partial charge is 0.170 e. The van der Waals surface area contributed by atoms with Gasteiger partial charge in [-0.25, -0.2) is 4.39 Å². The van der Waals surface area contributed by atoms with E-state index in [4.69, 9.17) is 14.0 Å². The van der Waals surface area contributed by atoms with Crippen LogP contribution in [0.25, 0.3) is 11.0 Å². The lowest BCUT2D eigenvalue weighted by Crippen LogP contribution is -2.35. The SMILES string of the molecule is CCCOc1cc(C(C)=O)c(C)c(OC)c1N1CCCC(c2noc3cc(F)ccc23)C1. The second kappa shape index (κ2) is 9.18. The van der Waals surface area contributed by atoms with Crippen molar-refractivity contribution in [2.75, 3.05) is 31.7 Å². The molecular weight excluding hydrogens is 411 g/mol. The second-order valence-electron chi connectivity index (χ2n) is 8.33. The number of Topliss-reactive ketones (excluding diaryl/α,β-unsaturated/α-hetero) is 1. The third-order valence-electron chi connectivity index (χ3n) is 6.10. The predicted octanol–water partition coefficient (Wildman–Crippen LogP) is 5.66. The molecule has 1 fully saturated rings. The molecule has 0 amide bonds. The highest BCUT2D eigenvalue weighted by Crippen LogP contribution is 2.45. The molecule has 0 aliphatic carbocycles. The summed E-state index contributed by atoms with van der Waals surface area (Å²) in [6.45, 7) is 7.58. The van der Waals surface area contributed by atoms with E-state index >= 15 is 0 Å². The van der Waals surface area contributed by atoms with Crippen molar-refractivity contribution in [1.82, 2.24) is 5.16 Å². The standard InChI is InChI=1S/C25H29FN2O4/c1-5-11-31-22-13-20(16(3)29)15(2)25(30-4)24(22)28-10-6-7-17(14-28)23-19-9-8-18(26)12-21(19)32-27-23/h8-9,12-13,17H,5-7,10-11,14H2,1-4H3. The summed E-state index contributed by atoms with van der Waals surface area (Å²) in [6, 6.07) is 6.38. The van der Waals surface area contributed by atoms with E-state index in [0.29, 0.717) is 35.8 Å². The van der Waals surface area contributed by atoms with Gasteiger partial charge in [-0.15, -0.1) is 0 Å². The largest absolute Gasteiger partial charge is 0.494 e. The Bertz CT molecular complexity index is 1140. The first-order valence-electron chi connectivity index (χ1n) is 11.1. The summed E-state index contributed by atoms with van der Waals surface area (Å²) in [4.78, 5) is 14.5. The van der Waals surface area contributed by atoms with E-state index in [0.717, 1.165) is 48.1 Å². The molecule has 1 aromatic heterocycles. The van der Waals surface area contributed by atoms with Gasteiger partial charge in [0.2, 0.25) is 0 Å². The number of fused-ring (bicyclic) bond motifs is 1. The van der Waals surface area contributed by atoms with Crippen molar-refractivity contribution in [3.05, 3.63) is 46.9 Å². The van der Waals surface area contributed by atoms with Crippen molar-refractivity contribution in [2.24, 2.45) is 0 Å². The van der Waals surface area contributed by atoms with Gasteiger partial charge >= 0.3 is 0 Å². The molecule has 1 saturated heterocycles. The number of rotatable bonds is 7. The van der Waals surface area contributed by atoms with Gasteiger partial charge < -0.3 is 18.9 Å². The maximum atomic E-state index is 13.6. The van der Waals surface area contributed by atoms with Crippen LogP contribution in [0, 0.1) is 12.7 Å². The number of anilines is 1. The zero-order valence-electron chi connectivity index (χ0n) is 19.0. The van der Waals surface area contributed by atoms with Gasteiger partial charge in [0, 0.05) is 41.6 Å². The van der Waals surface area contributed by atoms with Gasteiger partial charge in [0.05, 0.1) is 19.4 Å². The fourth-order valence-corrected chi connectivity index (χ4v) is 4.59. The number of ketones is 1. The number of ether oxygens (including phenoxy) is 2. The van der Waals surface area contributed by atoms with Gasteiger partial charge in [-0.1, -0.05) is 12.1 Å². The van der Waals surface area contributed by atoms with E-state index in [-0.39, 0.29) is 17.5 Å². The third kappa shape index (κ3) is 4.04. The van der Waals surface area contributed by atoms with E-state index in [2.05, 4.69) is 10.1 Å². The number of benzene rings is 2. The zero-order chi connectivity index (χ0) is 22.8. The summed E-state index contributed by atoms with van der Waals surface area (Å²) in [6.07, 6.45) is 2.76. The van der Waals surface area contributed by atoms with Crippen molar-refractivity contribution in [2.45, 2.75) is 46.0 Å². The maximum Gasteiger partial charge on any atom is 0.170 e. The summed E-state index contributed by atoms with van der Waals surface area (Å²) in [5, 5.41) is 5.13. The predicted molar refractivity (Wildman–Crippen MR) is 122 cm³/mol. The number of methoxy groups -OCH3 is 1. The van der Waals surface area contributed by atoms with E-state index < -0.39 is 0 Å². The van der Waals surface area contributed by atoms with E-state index in [1.54, 1.807) is 20.1 Å². The van der Waals surface area contributed by atoms with Crippen molar-refractivity contribution in [1.29, 1.82) is 0 Å². The molecule has 1 aliphatic rings. The Hall–Kier alpha value is -3.09. The third-order valence-corrected chi connectivity index (χ3v) is 6.10. The highest BCUT2D eigenvalue weighted by atomic mass is 19.1. The minimum atomic E-state index is -0.339. The minimum absolute atomic E-state index is 0.0217. The summed E-state index contributed by atoms with van der Waals surface area (Å²) in [5.41, 5.74) is 3.59.